The number of hydrogen-bond donors (Lipinski definition) is 2. The van der Waals surface area contributed by atoms with Gasteiger partial charge in [-0.25, -0.2) is 4.79 Å². The van der Waals surface area contributed by atoms with E-state index in [0.29, 0.717) is 19.6 Å². The molecule has 0 fully saturated rings. The highest BCUT2D eigenvalue weighted by atomic mass is 16.6. The van der Waals surface area contributed by atoms with Crippen molar-refractivity contribution in [3.05, 3.63) is 29.8 Å². The molecule has 22 heavy (non-hydrogen) atoms. The maximum Gasteiger partial charge on any atom is 0.410 e. The molecular formula is C17H28N2O3. The number of phenolic OH excluding ortho intramolecular Hbond substituents is 1. The summed E-state index contributed by atoms with van der Waals surface area (Å²) in [5.41, 5.74) is 0.621. The molecule has 0 aliphatic rings. The molecule has 5 heteroatoms. The monoisotopic (exact) mass is 308 g/mol. The molecule has 1 aromatic carbocycles. The Morgan fingerprint density at radius 3 is 2.41 bits per heavy atom. The molecule has 1 unspecified atom stereocenters. The van der Waals surface area contributed by atoms with Gasteiger partial charge in [-0.15, -0.1) is 0 Å². The zero-order valence-electron chi connectivity index (χ0n) is 14.2. The van der Waals surface area contributed by atoms with Crippen molar-refractivity contribution in [2.45, 2.75) is 46.3 Å². The number of benzene rings is 1. The van der Waals surface area contributed by atoms with Gasteiger partial charge in [0.25, 0.3) is 0 Å². The summed E-state index contributed by atoms with van der Waals surface area (Å²) in [7, 11) is 0. The summed E-state index contributed by atoms with van der Waals surface area (Å²) < 4.78 is 5.38. The third-order valence-electron chi connectivity index (χ3n) is 3.26. The average molecular weight is 308 g/mol. The Kier molecular flexibility index (Phi) is 6.68. The molecule has 5 nitrogen and oxygen atoms in total. The molecule has 124 valence electrons. The lowest BCUT2D eigenvalue weighted by Gasteiger charge is -2.27. The molecule has 0 heterocycles. The third kappa shape index (κ3) is 6.35. The first-order valence-corrected chi connectivity index (χ1v) is 7.73. The maximum absolute atomic E-state index is 12.0. The fourth-order valence-electron chi connectivity index (χ4n) is 2.00. The van der Waals surface area contributed by atoms with E-state index in [9.17, 15) is 9.90 Å². The van der Waals surface area contributed by atoms with Crippen LogP contribution >= 0.6 is 0 Å². The molecule has 1 aromatic rings. The molecule has 1 rings (SSSR count). The molecule has 2 N–H and O–H groups in total. The van der Waals surface area contributed by atoms with Crippen LogP contribution in [-0.2, 0) is 4.74 Å². The van der Waals surface area contributed by atoms with Crippen molar-refractivity contribution in [1.82, 2.24) is 10.2 Å². The highest BCUT2D eigenvalue weighted by Gasteiger charge is 2.20. The van der Waals surface area contributed by atoms with Crippen molar-refractivity contribution < 1.29 is 14.6 Å². The van der Waals surface area contributed by atoms with E-state index < -0.39 is 5.60 Å². The van der Waals surface area contributed by atoms with E-state index in [2.05, 4.69) is 12.2 Å². The molecule has 0 saturated heterocycles. The second-order valence-corrected chi connectivity index (χ2v) is 6.33. The molecule has 0 bridgehead atoms. The number of carbonyl (C=O) groups is 1. The minimum Gasteiger partial charge on any atom is -0.508 e. The van der Waals surface area contributed by atoms with Crippen LogP contribution in [0.3, 0.4) is 0 Å². The quantitative estimate of drug-likeness (QED) is 0.846. The Morgan fingerprint density at radius 2 is 1.91 bits per heavy atom. The topological polar surface area (TPSA) is 61.8 Å². The van der Waals surface area contributed by atoms with Crippen LogP contribution in [0.15, 0.2) is 24.3 Å². The van der Waals surface area contributed by atoms with Gasteiger partial charge in [-0.2, -0.15) is 0 Å². The average Bonchev–Trinajstić information content (AvgIpc) is 2.42. The van der Waals surface area contributed by atoms with Gasteiger partial charge in [0.15, 0.2) is 0 Å². The van der Waals surface area contributed by atoms with Gasteiger partial charge in [0.1, 0.15) is 11.4 Å². The van der Waals surface area contributed by atoms with E-state index in [0.717, 1.165) is 5.56 Å². The van der Waals surface area contributed by atoms with Crippen LogP contribution < -0.4 is 5.32 Å². The zero-order chi connectivity index (χ0) is 16.8. The van der Waals surface area contributed by atoms with Gasteiger partial charge in [-0.05, 0) is 52.3 Å². The van der Waals surface area contributed by atoms with Gasteiger partial charge >= 0.3 is 6.09 Å². The van der Waals surface area contributed by atoms with Gasteiger partial charge in [0.05, 0.1) is 0 Å². The lowest BCUT2D eigenvalue weighted by Crippen LogP contribution is -2.40. The summed E-state index contributed by atoms with van der Waals surface area (Å²) in [6, 6.07) is 7.27. The standard InChI is InChI=1S/C17H28N2O3/c1-6-19(16(21)22-17(3,4)5)12-11-18-13(2)14-7-9-15(20)10-8-14/h7-10,13,18,20H,6,11-12H2,1-5H3. The van der Waals surface area contributed by atoms with E-state index in [-0.39, 0.29) is 17.9 Å². The number of likely N-dealkylation sites (N-methyl/N-ethyl adjacent to an activating group) is 1. The molecule has 0 saturated carbocycles. The van der Waals surface area contributed by atoms with Crippen molar-refractivity contribution >= 4 is 6.09 Å². The molecule has 0 aromatic heterocycles. The molecule has 1 amide bonds. The van der Waals surface area contributed by atoms with Crippen molar-refractivity contribution in [3.63, 3.8) is 0 Å². The number of aromatic hydroxyl groups is 1. The van der Waals surface area contributed by atoms with Crippen LogP contribution in [0.1, 0.15) is 46.2 Å². The fraction of sp³-hybridized carbons (Fsp3) is 0.588. The van der Waals surface area contributed by atoms with E-state index in [4.69, 9.17) is 4.74 Å². The number of ether oxygens (including phenoxy) is 1. The van der Waals surface area contributed by atoms with E-state index in [1.165, 1.54) is 0 Å². The number of amides is 1. The normalized spacial score (nSPS) is 12.8. The number of nitrogens with one attached hydrogen (secondary N) is 1. The Labute approximate surface area is 133 Å². The zero-order valence-corrected chi connectivity index (χ0v) is 14.2. The first-order valence-electron chi connectivity index (χ1n) is 7.73. The summed E-state index contributed by atoms with van der Waals surface area (Å²) in [6.45, 7) is 11.5. The molecule has 0 aliphatic carbocycles. The molecule has 1 atom stereocenters. The molecule has 0 spiro atoms. The Morgan fingerprint density at radius 1 is 1.32 bits per heavy atom. The third-order valence-corrected chi connectivity index (χ3v) is 3.26. The van der Waals surface area contributed by atoms with Crippen LogP contribution in [0.5, 0.6) is 5.75 Å². The van der Waals surface area contributed by atoms with Crippen LogP contribution in [0.25, 0.3) is 0 Å². The van der Waals surface area contributed by atoms with Gasteiger partial charge < -0.3 is 20.1 Å². The van der Waals surface area contributed by atoms with E-state index in [1.54, 1.807) is 17.0 Å². The number of rotatable bonds is 6. The highest BCUT2D eigenvalue weighted by Crippen LogP contribution is 2.16. The predicted molar refractivity (Wildman–Crippen MR) is 88.0 cm³/mol. The molecule has 0 radical (unpaired) electrons. The SMILES string of the molecule is CCN(CCNC(C)c1ccc(O)cc1)C(=O)OC(C)(C)C. The first kappa shape index (κ1) is 18.3. The number of carbonyl (C=O) groups excluding carboxylic acids is 1. The van der Waals surface area contributed by atoms with Crippen LogP contribution in [0.2, 0.25) is 0 Å². The minimum absolute atomic E-state index is 0.151. The lowest BCUT2D eigenvalue weighted by atomic mass is 10.1. The van der Waals surface area contributed by atoms with Gasteiger partial charge in [-0.3, -0.25) is 0 Å². The number of phenols is 1. The van der Waals surface area contributed by atoms with Gasteiger partial charge in [0.2, 0.25) is 0 Å². The minimum atomic E-state index is -0.475. The summed E-state index contributed by atoms with van der Waals surface area (Å²) in [5, 5.41) is 12.7. The molecule has 0 aliphatic heterocycles. The highest BCUT2D eigenvalue weighted by molar-refractivity contribution is 5.68. The first-order chi connectivity index (χ1) is 10.2. The van der Waals surface area contributed by atoms with Crippen molar-refractivity contribution in [3.8, 4) is 5.75 Å². The summed E-state index contributed by atoms with van der Waals surface area (Å²) >= 11 is 0. The Bertz CT molecular complexity index is 466. The maximum atomic E-state index is 12.0. The van der Waals surface area contributed by atoms with Gasteiger partial charge in [-0.1, -0.05) is 12.1 Å². The second kappa shape index (κ2) is 8.03. The van der Waals surface area contributed by atoms with Crippen molar-refractivity contribution in [2.24, 2.45) is 0 Å². The van der Waals surface area contributed by atoms with Crippen molar-refractivity contribution in [2.75, 3.05) is 19.6 Å². The van der Waals surface area contributed by atoms with E-state index >= 15 is 0 Å². The summed E-state index contributed by atoms with van der Waals surface area (Å²) in [5.74, 6) is 0.262. The van der Waals surface area contributed by atoms with Gasteiger partial charge in [0, 0.05) is 25.7 Å². The van der Waals surface area contributed by atoms with Crippen LogP contribution in [0.4, 0.5) is 4.79 Å². The summed E-state index contributed by atoms with van der Waals surface area (Å²) in [4.78, 5) is 13.7. The van der Waals surface area contributed by atoms with Crippen LogP contribution in [0, 0.1) is 0 Å². The lowest BCUT2D eigenvalue weighted by molar-refractivity contribution is 0.0261. The largest absolute Gasteiger partial charge is 0.508 e. The Balaban J connectivity index is 2.43. The van der Waals surface area contributed by atoms with Crippen molar-refractivity contribution in [1.29, 1.82) is 0 Å². The number of hydrogen-bond acceptors (Lipinski definition) is 4. The van der Waals surface area contributed by atoms with E-state index in [1.807, 2.05) is 39.8 Å². The Hall–Kier alpha value is -1.75. The molecular weight excluding hydrogens is 280 g/mol. The second-order valence-electron chi connectivity index (χ2n) is 6.33. The fourth-order valence-corrected chi connectivity index (χ4v) is 2.00. The smallest absolute Gasteiger partial charge is 0.410 e. The predicted octanol–water partition coefficient (Wildman–Crippen LogP) is 3.30. The van der Waals surface area contributed by atoms with Crippen LogP contribution in [-0.4, -0.2) is 41.3 Å². The summed E-state index contributed by atoms with van der Waals surface area (Å²) in [6.07, 6.45) is -0.283. The number of nitrogens with zero attached hydrogens (tertiary/aromatic N) is 1.